The Labute approximate surface area is 120 Å². The highest BCUT2D eigenvalue weighted by Gasteiger charge is 2.50. The Bertz CT molecular complexity index is 257. The highest BCUT2D eigenvalue weighted by molar-refractivity contribution is 5.06. The van der Waals surface area contributed by atoms with Gasteiger partial charge in [0.2, 0.25) is 0 Å². The van der Waals surface area contributed by atoms with Gasteiger partial charge in [0.25, 0.3) is 0 Å². The van der Waals surface area contributed by atoms with Crippen LogP contribution in [0.3, 0.4) is 0 Å². The number of hydrogen-bond donors (Lipinski definition) is 0. The maximum atomic E-state index is 5.83. The maximum Gasteiger partial charge on any atom is 0.101 e. The first kappa shape index (κ1) is 16.6. The molecule has 1 aliphatic rings. The number of ether oxygens (including phenoxy) is 1. The van der Waals surface area contributed by atoms with E-state index in [-0.39, 0.29) is 0 Å². The van der Waals surface area contributed by atoms with Crippen molar-refractivity contribution in [3.05, 3.63) is 12.8 Å². The summed E-state index contributed by atoms with van der Waals surface area (Å²) in [5, 5.41) is 0. The largest absolute Gasteiger partial charge is 0.499 e. The van der Waals surface area contributed by atoms with E-state index >= 15 is 0 Å². The van der Waals surface area contributed by atoms with Crippen molar-refractivity contribution in [2.75, 3.05) is 6.54 Å². The third-order valence-electron chi connectivity index (χ3n) is 5.60. The van der Waals surface area contributed by atoms with Gasteiger partial charge in [-0.15, -0.1) is 0 Å². The first-order valence-corrected chi connectivity index (χ1v) is 8.12. The molecule has 0 unspecified atom stereocenters. The Morgan fingerprint density at radius 2 is 1.42 bits per heavy atom. The minimum absolute atomic E-state index is 0.298. The zero-order valence-electron chi connectivity index (χ0n) is 13.7. The van der Waals surface area contributed by atoms with Gasteiger partial charge in [0.05, 0.1) is 6.26 Å². The molecule has 0 aromatic heterocycles. The molecule has 2 heteroatoms. The summed E-state index contributed by atoms with van der Waals surface area (Å²) in [6, 6.07) is 0. The van der Waals surface area contributed by atoms with Crippen molar-refractivity contribution >= 4 is 0 Å². The van der Waals surface area contributed by atoms with Gasteiger partial charge in [-0.1, -0.05) is 41.2 Å². The fourth-order valence-electron chi connectivity index (χ4n) is 4.39. The molecule has 0 saturated carbocycles. The molecule has 0 aromatic rings. The van der Waals surface area contributed by atoms with Crippen LogP contribution in [0.15, 0.2) is 12.8 Å². The molecule has 0 atom stereocenters. The van der Waals surface area contributed by atoms with Crippen molar-refractivity contribution in [3.8, 4) is 0 Å². The maximum absolute atomic E-state index is 5.83. The molecule has 1 fully saturated rings. The van der Waals surface area contributed by atoms with Crippen LogP contribution < -0.4 is 0 Å². The summed E-state index contributed by atoms with van der Waals surface area (Å²) in [4.78, 5) is 2.79. The van der Waals surface area contributed by atoms with Crippen LogP contribution in [0.5, 0.6) is 0 Å². The van der Waals surface area contributed by atoms with Gasteiger partial charge >= 0.3 is 0 Å². The minimum atomic E-state index is 0.298. The van der Waals surface area contributed by atoms with Crippen molar-refractivity contribution in [2.45, 2.75) is 90.3 Å². The van der Waals surface area contributed by atoms with Crippen LogP contribution in [0.2, 0.25) is 0 Å². The van der Waals surface area contributed by atoms with Gasteiger partial charge in [0.1, 0.15) is 6.10 Å². The lowest BCUT2D eigenvalue weighted by atomic mass is 9.70. The molecule has 0 aromatic carbocycles. The van der Waals surface area contributed by atoms with E-state index in [2.05, 4.69) is 46.1 Å². The third-order valence-corrected chi connectivity index (χ3v) is 5.60. The number of hydrogen-bond acceptors (Lipinski definition) is 2. The van der Waals surface area contributed by atoms with Gasteiger partial charge in [0, 0.05) is 23.9 Å². The molecule has 0 amide bonds. The van der Waals surface area contributed by atoms with E-state index < -0.39 is 0 Å². The molecule has 19 heavy (non-hydrogen) atoms. The zero-order chi connectivity index (χ0) is 14.5. The average molecular weight is 267 g/mol. The summed E-state index contributed by atoms with van der Waals surface area (Å²) >= 11 is 0. The van der Waals surface area contributed by atoms with Gasteiger partial charge < -0.3 is 4.74 Å². The second-order valence-electron chi connectivity index (χ2n) is 5.94. The van der Waals surface area contributed by atoms with E-state index in [1.807, 2.05) is 0 Å². The summed E-state index contributed by atoms with van der Waals surface area (Å²) in [6.07, 6.45) is 9.07. The molecule has 1 aliphatic heterocycles. The van der Waals surface area contributed by atoms with Gasteiger partial charge in [0.15, 0.2) is 0 Å². The highest BCUT2D eigenvalue weighted by Crippen LogP contribution is 2.46. The molecular formula is C17H33NO. The van der Waals surface area contributed by atoms with Crippen LogP contribution >= 0.6 is 0 Å². The van der Waals surface area contributed by atoms with E-state index in [0.29, 0.717) is 17.2 Å². The normalized spacial score (nSPS) is 23.2. The fraction of sp³-hybridized carbons (Fsp3) is 0.882. The number of likely N-dealkylation sites (tertiary alicyclic amines) is 1. The summed E-state index contributed by atoms with van der Waals surface area (Å²) in [6.45, 7) is 16.5. The van der Waals surface area contributed by atoms with Crippen LogP contribution in [0, 0.1) is 0 Å². The Kier molecular flexibility index (Phi) is 5.91. The lowest BCUT2D eigenvalue weighted by Crippen LogP contribution is -2.65. The third kappa shape index (κ3) is 2.84. The minimum Gasteiger partial charge on any atom is -0.499 e. The number of piperidine rings is 1. The zero-order valence-corrected chi connectivity index (χ0v) is 13.7. The van der Waals surface area contributed by atoms with Crippen molar-refractivity contribution < 1.29 is 4.74 Å². The van der Waals surface area contributed by atoms with Gasteiger partial charge in [-0.3, -0.25) is 4.90 Å². The Morgan fingerprint density at radius 3 is 1.68 bits per heavy atom. The molecular weight excluding hydrogens is 234 g/mol. The molecule has 1 heterocycles. The molecule has 0 aliphatic carbocycles. The van der Waals surface area contributed by atoms with Crippen LogP contribution in [0.25, 0.3) is 0 Å². The Morgan fingerprint density at radius 1 is 1.00 bits per heavy atom. The van der Waals surface area contributed by atoms with Crippen molar-refractivity contribution in [1.82, 2.24) is 4.90 Å². The highest BCUT2D eigenvalue weighted by atomic mass is 16.5. The molecule has 0 bridgehead atoms. The summed E-state index contributed by atoms with van der Waals surface area (Å²) in [5.74, 6) is 0. The first-order chi connectivity index (χ1) is 9.07. The van der Waals surface area contributed by atoms with Crippen LogP contribution in [0.4, 0.5) is 0 Å². The van der Waals surface area contributed by atoms with E-state index in [1.54, 1.807) is 6.26 Å². The van der Waals surface area contributed by atoms with E-state index in [1.165, 1.54) is 25.7 Å². The van der Waals surface area contributed by atoms with Crippen molar-refractivity contribution in [2.24, 2.45) is 0 Å². The average Bonchev–Trinajstić information content (AvgIpc) is 2.46. The lowest BCUT2D eigenvalue weighted by molar-refractivity contribution is -0.117. The van der Waals surface area contributed by atoms with Crippen LogP contribution in [0.1, 0.15) is 73.1 Å². The molecule has 0 spiro atoms. The summed E-state index contributed by atoms with van der Waals surface area (Å²) in [5.41, 5.74) is 0.597. The quantitative estimate of drug-likeness (QED) is 0.617. The van der Waals surface area contributed by atoms with E-state index in [0.717, 1.165) is 19.4 Å². The molecule has 1 saturated heterocycles. The smallest absolute Gasteiger partial charge is 0.101 e. The van der Waals surface area contributed by atoms with Crippen LogP contribution in [-0.2, 0) is 4.74 Å². The van der Waals surface area contributed by atoms with Crippen molar-refractivity contribution in [1.29, 1.82) is 0 Å². The standard InChI is InChI=1S/C17H33NO/c1-7-16(8-2)13-15(19-12-6)14-17(9-3,10-4)18(16)11-5/h12,15H,6-11,13-14H2,1-5H3. The van der Waals surface area contributed by atoms with Crippen molar-refractivity contribution in [3.63, 3.8) is 0 Å². The molecule has 0 radical (unpaired) electrons. The van der Waals surface area contributed by atoms with E-state index in [4.69, 9.17) is 4.74 Å². The monoisotopic (exact) mass is 267 g/mol. The van der Waals surface area contributed by atoms with Gasteiger partial charge in [-0.2, -0.15) is 0 Å². The Balaban J connectivity index is 3.17. The number of rotatable bonds is 7. The predicted molar refractivity (Wildman–Crippen MR) is 83.3 cm³/mol. The Hall–Kier alpha value is -0.500. The second-order valence-corrected chi connectivity index (χ2v) is 5.94. The lowest BCUT2D eigenvalue weighted by Gasteiger charge is -2.59. The fourth-order valence-corrected chi connectivity index (χ4v) is 4.39. The SMILES string of the molecule is C=COC1CC(CC)(CC)N(CC)C(CC)(CC)C1. The summed E-state index contributed by atoms with van der Waals surface area (Å²) in [7, 11) is 0. The molecule has 0 N–H and O–H groups in total. The van der Waals surface area contributed by atoms with Gasteiger partial charge in [-0.05, 0) is 32.2 Å². The topological polar surface area (TPSA) is 12.5 Å². The summed E-state index contributed by atoms with van der Waals surface area (Å²) < 4.78 is 5.83. The predicted octanol–water partition coefficient (Wildman–Crippen LogP) is 4.75. The molecule has 2 nitrogen and oxygen atoms in total. The molecule has 112 valence electrons. The molecule has 1 rings (SSSR count). The first-order valence-electron chi connectivity index (χ1n) is 8.12. The van der Waals surface area contributed by atoms with Gasteiger partial charge in [-0.25, -0.2) is 0 Å². The number of nitrogens with zero attached hydrogens (tertiary/aromatic N) is 1. The van der Waals surface area contributed by atoms with Crippen LogP contribution in [-0.4, -0.2) is 28.6 Å². The van der Waals surface area contributed by atoms with E-state index in [9.17, 15) is 0 Å². The second kappa shape index (κ2) is 6.78.